The monoisotopic (exact) mass is 1290 g/mol. The average Bonchev–Trinajstić information content (AvgIpc) is 3.53. The molecule has 0 aromatic rings. The Morgan fingerprint density at radius 1 is 0.393 bits per heavy atom. The Hall–Kier alpha value is -4.13. The summed E-state index contributed by atoms with van der Waals surface area (Å²) in [7, 11) is 0. The predicted octanol–water partition coefficient (Wildman–Crippen LogP) is 8.12. The van der Waals surface area contributed by atoms with Crippen LogP contribution in [0.4, 0.5) is 0 Å². The van der Waals surface area contributed by atoms with Crippen molar-refractivity contribution in [1.82, 2.24) is 26.6 Å². The van der Waals surface area contributed by atoms with Crippen LogP contribution >= 0.6 is 11.8 Å². The molecule has 0 aliphatic carbocycles. The van der Waals surface area contributed by atoms with Crippen LogP contribution in [0.15, 0.2) is 0 Å². The molecule has 0 bridgehead atoms. The number of hydrogen-bond donors (Lipinski definition) is 12. The second-order valence-corrected chi connectivity index (χ2v) is 25.0. The van der Waals surface area contributed by atoms with Gasteiger partial charge >= 0.3 is 17.9 Å². The van der Waals surface area contributed by atoms with Crippen molar-refractivity contribution in [3.63, 3.8) is 0 Å². The number of carboxylic acids is 1. The van der Waals surface area contributed by atoms with Crippen LogP contribution in [0.3, 0.4) is 0 Å². The lowest BCUT2D eigenvalue weighted by Crippen LogP contribution is -2.59. The lowest BCUT2D eigenvalue weighted by atomic mass is 10.0. The Balaban J connectivity index is 0. The highest BCUT2D eigenvalue weighted by atomic mass is 32.2. The fraction of sp³-hybridized carbons (Fsp3) is 0.879. The summed E-state index contributed by atoms with van der Waals surface area (Å²) in [4.78, 5) is 107. The van der Waals surface area contributed by atoms with Crippen LogP contribution in [0.25, 0.3) is 0 Å². The van der Waals surface area contributed by atoms with Crippen molar-refractivity contribution in [2.75, 3.05) is 50.9 Å². The Bertz CT molecular complexity index is 1810. The molecule has 23 heteroatoms. The molecule has 0 rings (SSSR count). The molecule has 0 saturated carbocycles. The van der Waals surface area contributed by atoms with Crippen LogP contribution in [0.2, 0.25) is 0 Å². The van der Waals surface area contributed by atoms with Gasteiger partial charge in [-0.2, -0.15) is 11.8 Å². The van der Waals surface area contributed by atoms with Crippen molar-refractivity contribution in [2.45, 2.75) is 320 Å². The first-order valence-corrected chi connectivity index (χ1v) is 35.6. The molecule has 0 radical (unpaired) electrons. The summed E-state index contributed by atoms with van der Waals surface area (Å²) >= 11 is 1.20. The molecule has 522 valence electrons. The second-order valence-electron chi connectivity index (χ2n) is 23.9. The third kappa shape index (κ3) is 49.2. The summed E-state index contributed by atoms with van der Waals surface area (Å²) in [5.74, 6) is -5.71. The minimum Gasteiger partial charge on any atom is -0.480 e. The van der Waals surface area contributed by atoms with Gasteiger partial charge in [-0.25, -0.2) is 4.79 Å². The van der Waals surface area contributed by atoms with Crippen molar-refractivity contribution < 1.29 is 58.0 Å². The number of carbonyl (C=O) groups excluding carboxylic acids is 7. The number of esters is 2. The minimum absolute atomic E-state index is 0. The molecule has 7 unspecified atom stereocenters. The number of aliphatic carboxylic acids is 1. The van der Waals surface area contributed by atoms with Gasteiger partial charge in [0.25, 0.3) is 0 Å². The number of nitrogens with one attached hydrogen (secondary N) is 5. The molecule has 22 nitrogen and oxygen atoms in total. The number of aliphatic hydroxyl groups is 1. The maximum atomic E-state index is 14.1. The Labute approximate surface area is 541 Å². The van der Waals surface area contributed by atoms with Crippen LogP contribution < -0.4 is 55.3 Å². The van der Waals surface area contributed by atoms with E-state index in [9.17, 15) is 48.6 Å². The molecular weight excluding hydrogens is 1160 g/mol. The summed E-state index contributed by atoms with van der Waals surface area (Å²) in [6.07, 6.45) is 34.6. The molecule has 0 fully saturated rings. The molecule has 89 heavy (non-hydrogen) atoms. The SMILES string of the molecule is C.CCCCCCCCCCCCCCCC(=O)OCC(CSCC(N)C(=O)NC(CO)C(=O)NC(CCCCN)C(=O)NC(CCCCN)C(=O)NC(CCCCN)C(=O)NC(CCCCN)C(=O)O)OC(=O)CCCCCCCCCCCCCCC. The number of carboxylic acid groups (broad SMARTS) is 1. The number of rotatable bonds is 63. The van der Waals surface area contributed by atoms with E-state index < -0.39 is 90.4 Å². The Morgan fingerprint density at radius 3 is 1.03 bits per heavy atom. The first-order chi connectivity index (χ1) is 42.6. The average molecular weight is 1290 g/mol. The molecule has 0 aliphatic rings. The molecule has 7 atom stereocenters. The van der Waals surface area contributed by atoms with E-state index >= 15 is 0 Å². The molecule has 0 aromatic heterocycles. The van der Waals surface area contributed by atoms with Crippen molar-refractivity contribution >= 4 is 59.2 Å². The molecule has 0 saturated heterocycles. The molecule has 0 heterocycles. The molecule has 5 amide bonds. The zero-order valence-corrected chi connectivity index (χ0v) is 55.6. The van der Waals surface area contributed by atoms with Crippen LogP contribution in [0, 0.1) is 0 Å². The standard InChI is InChI=1S/C65H126N10O12S.CH4/c1-3-5-7-9-11-13-15-17-19-21-23-25-27-41-58(77)86-48-51(87-59(78)42-28-26-24-22-20-18-16-14-12-10-8-6-4-2)49-88-50-52(70)60(79)75-57(47-76)64(83)73-54(38-30-34-44-67)62(81)71-53(37-29-33-43-66)61(80)72-55(39-31-35-45-68)63(82)74-56(65(84)85)40-32-36-46-69;/h51-57,76H,3-50,66-70H2,1-2H3,(H,71,81)(H,72,80)(H,73,83)(H,74,82)(H,75,79)(H,84,85);1H4. The summed E-state index contributed by atoms with van der Waals surface area (Å²) < 4.78 is 11.5. The zero-order valence-electron chi connectivity index (χ0n) is 54.8. The highest BCUT2D eigenvalue weighted by Gasteiger charge is 2.33. The number of unbranched alkanes of at least 4 members (excludes halogenated alkanes) is 28. The molecule has 0 aromatic carbocycles. The van der Waals surface area contributed by atoms with E-state index in [0.717, 1.165) is 38.5 Å². The van der Waals surface area contributed by atoms with Crippen molar-refractivity contribution in [3.8, 4) is 0 Å². The van der Waals surface area contributed by atoms with Crippen molar-refractivity contribution in [3.05, 3.63) is 0 Å². The van der Waals surface area contributed by atoms with E-state index in [1.807, 2.05) is 0 Å². The van der Waals surface area contributed by atoms with E-state index in [1.165, 1.54) is 127 Å². The van der Waals surface area contributed by atoms with Gasteiger partial charge < -0.3 is 74.9 Å². The van der Waals surface area contributed by atoms with Gasteiger partial charge in [0, 0.05) is 24.3 Å². The van der Waals surface area contributed by atoms with Crippen LogP contribution in [0.1, 0.15) is 278 Å². The fourth-order valence-corrected chi connectivity index (χ4v) is 11.2. The molecule has 0 spiro atoms. The predicted molar refractivity (Wildman–Crippen MR) is 359 cm³/mol. The summed E-state index contributed by atoms with van der Waals surface area (Å²) in [5, 5.41) is 33.2. The Kier molecular flexibility index (Phi) is 60.0. The Morgan fingerprint density at radius 2 is 0.697 bits per heavy atom. The number of carbonyl (C=O) groups is 8. The van der Waals surface area contributed by atoms with E-state index in [2.05, 4.69) is 40.4 Å². The number of thioether (sulfide) groups is 1. The van der Waals surface area contributed by atoms with Crippen LogP contribution in [-0.4, -0.2) is 151 Å². The molecule has 0 aliphatic heterocycles. The van der Waals surface area contributed by atoms with Gasteiger partial charge in [-0.05, 0) is 116 Å². The van der Waals surface area contributed by atoms with Gasteiger partial charge in [-0.15, -0.1) is 0 Å². The topological polar surface area (TPSA) is 386 Å². The van der Waals surface area contributed by atoms with Crippen LogP contribution in [-0.2, 0) is 47.8 Å². The molecular formula is C66H130N10O12S. The van der Waals surface area contributed by atoms with Gasteiger partial charge in [0.1, 0.15) is 42.9 Å². The van der Waals surface area contributed by atoms with E-state index in [0.29, 0.717) is 83.8 Å². The lowest BCUT2D eigenvalue weighted by molar-refractivity contribution is -0.157. The fourth-order valence-electron chi connectivity index (χ4n) is 10.2. The lowest BCUT2D eigenvalue weighted by Gasteiger charge is -2.27. The summed E-state index contributed by atoms with van der Waals surface area (Å²) in [6.45, 7) is 4.72. The first-order valence-electron chi connectivity index (χ1n) is 34.5. The van der Waals surface area contributed by atoms with Gasteiger partial charge in [0.05, 0.1) is 12.6 Å². The third-order valence-corrected chi connectivity index (χ3v) is 17.0. The maximum absolute atomic E-state index is 14.1. The number of ether oxygens (including phenoxy) is 2. The largest absolute Gasteiger partial charge is 0.480 e. The molecule has 17 N–H and O–H groups in total. The van der Waals surface area contributed by atoms with Crippen molar-refractivity contribution in [1.29, 1.82) is 0 Å². The maximum Gasteiger partial charge on any atom is 0.326 e. The number of aliphatic hydroxyl groups excluding tert-OH is 1. The highest BCUT2D eigenvalue weighted by molar-refractivity contribution is 7.99. The number of hydrogen-bond acceptors (Lipinski definition) is 17. The normalized spacial score (nSPS) is 13.6. The summed E-state index contributed by atoms with van der Waals surface area (Å²) in [5.41, 5.74) is 29.1. The van der Waals surface area contributed by atoms with Gasteiger partial charge in [0.2, 0.25) is 29.5 Å². The quantitative estimate of drug-likeness (QED) is 0.0202. The van der Waals surface area contributed by atoms with Crippen LogP contribution in [0.5, 0.6) is 0 Å². The number of amides is 5. The van der Waals surface area contributed by atoms with Gasteiger partial charge in [0.15, 0.2) is 0 Å². The second kappa shape index (κ2) is 61.4. The minimum atomic E-state index is -1.54. The van der Waals surface area contributed by atoms with Gasteiger partial charge in [-0.1, -0.05) is 175 Å². The van der Waals surface area contributed by atoms with Gasteiger partial charge in [-0.3, -0.25) is 33.6 Å². The van der Waals surface area contributed by atoms with Crippen molar-refractivity contribution in [2.24, 2.45) is 28.7 Å². The van der Waals surface area contributed by atoms with E-state index in [4.69, 9.17) is 38.1 Å². The smallest absolute Gasteiger partial charge is 0.326 e. The third-order valence-electron chi connectivity index (χ3n) is 15.8. The highest BCUT2D eigenvalue weighted by Crippen LogP contribution is 2.18. The van der Waals surface area contributed by atoms with E-state index in [1.54, 1.807) is 0 Å². The number of nitrogens with two attached hydrogens (primary N) is 5. The first kappa shape index (κ1) is 86.9. The summed E-state index contributed by atoms with van der Waals surface area (Å²) in [6, 6.07) is -7.60. The van der Waals surface area contributed by atoms with E-state index in [-0.39, 0.29) is 76.6 Å². The zero-order chi connectivity index (χ0) is 65.3.